The number of amides is 2. The second-order valence-electron chi connectivity index (χ2n) is 9.38. The van der Waals surface area contributed by atoms with Gasteiger partial charge in [0.1, 0.15) is 14.7 Å². The van der Waals surface area contributed by atoms with Crippen molar-refractivity contribution in [3.8, 4) is 0 Å². The van der Waals surface area contributed by atoms with E-state index in [0.29, 0.717) is 25.3 Å². The van der Waals surface area contributed by atoms with Crippen LogP contribution in [0.4, 0.5) is 0 Å². The third kappa shape index (κ3) is 4.80. The van der Waals surface area contributed by atoms with Gasteiger partial charge in [0.25, 0.3) is 0 Å². The predicted molar refractivity (Wildman–Crippen MR) is 130 cm³/mol. The second-order valence-corrected chi connectivity index (χ2v) is 14.8. The van der Waals surface area contributed by atoms with Gasteiger partial charge in [0.2, 0.25) is 11.8 Å². The molecule has 0 saturated carbocycles. The van der Waals surface area contributed by atoms with Gasteiger partial charge in [-0.25, -0.2) is 4.79 Å². The van der Waals surface area contributed by atoms with E-state index in [1.807, 2.05) is 6.92 Å². The van der Waals surface area contributed by atoms with Crippen molar-refractivity contribution in [1.82, 2.24) is 14.8 Å². The van der Waals surface area contributed by atoms with Crippen molar-refractivity contribution in [3.05, 3.63) is 11.3 Å². The highest BCUT2D eigenvalue weighted by Crippen LogP contribution is 2.49. The first-order valence-corrected chi connectivity index (χ1v) is 15.3. The Bertz CT molecular complexity index is 812. The predicted octanol–water partition coefficient (Wildman–Crippen LogP) is 1.27. The normalized spacial score (nSPS) is 27.0. The molecule has 3 rings (SSSR count). The molecule has 0 aromatic heterocycles. The van der Waals surface area contributed by atoms with E-state index in [1.54, 1.807) is 4.90 Å². The Labute approximate surface area is 200 Å². The SMILES string of the molecule is [B]NPOC(=O)C1=C(CN2CC(C(N)=O)C2)[C@H](C)[C@@H]2C([C@@H](C)O[Si](CC)(CC)CC)C(=O)N12. The number of carbonyl (C=O) groups excluding carboxylic acids is 3. The van der Waals surface area contributed by atoms with Gasteiger partial charge in [0.05, 0.1) is 24.0 Å². The lowest BCUT2D eigenvalue weighted by Gasteiger charge is -2.49. The summed E-state index contributed by atoms with van der Waals surface area (Å²) in [7, 11) is 2.99. The zero-order chi connectivity index (χ0) is 24.5. The number of nitrogens with two attached hydrogens (primary N) is 1. The number of hydrogen-bond donors (Lipinski definition) is 2. The molecule has 2 amide bonds. The van der Waals surface area contributed by atoms with Crippen LogP contribution in [0, 0.1) is 17.8 Å². The number of β-lactam (4-membered cyclic amide) rings is 1. The molecular weight excluding hydrogens is 458 g/mol. The van der Waals surface area contributed by atoms with Crippen LogP contribution in [0.3, 0.4) is 0 Å². The van der Waals surface area contributed by atoms with E-state index >= 15 is 0 Å². The van der Waals surface area contributed by atoms with Gasteiger partial charge in [0, 0.05) is 25.6 Å². The highest BCUT2D eigenvalue weighted by Gasteiger charge is 2.61. The molecule has 0 aliphatic carbocycles. The first-order chi connectivity index (χ1) is 15.6. The molecule has 12 heteroatoms. The van der Waals surface area contributed by atoms with Crippen molar-refractivity contribution < 1.29 is 23.3 Å². The van der Waals surface area contributed by atoms with Crippen LogP contribution >= 0.6 is 8.96 Å². The smallest absolute Gasteiger partial charge is 0.358 e. The molecule has 0 spiro atoms. The van der Waals surface area contributed by atoms with Gasteiger partial charge in [-0.1, -0.05) is 27.7 Å². The molecule has 5 atom stereocenters. The van der Waals surface area contributed by atoms with E-state index in [4.69, 9.17) is 22.7 Å². The molecule has 2 unspecified atom stereocenters. The Morgan fingerprint density at radius 1 is 1.27 bits per heavy atom. The van der Waals surface area contributed by atoms with Gasteiger partial charge in [0.15, 0.2) is 16.3 Å². The monoisotopic (exact) mass is 494 g/mol. The maximum Gasteiger partial charge on any atom is 0.358 e. The Morgan fingerprint density at radius 2 is 1.88 bits per heavy atom. The summed E-state index contributed by atoms with van der Waals surface area (Å²) in [6, 6.07) is 2.90. The lowest BCUT2D eigenvalue weighted by Crippen LogP contribution is -2.65. The van der Waals surface area contributed by atoms with Crippen molar-refractivity contribution in [3.63, 3.8) is 0 Å². The van der Waals surface area contributed by atoms with E-state index in [2.05, 4.69) is 37.6 Å². The van der Waals surface area contributed by atoms with E-state index in [-0.39, 0.29) is 41.7 Å². The minimum Gasteiger partial charge on any atom is -0.428 e. The fourth-order valence-electron chi connectivity index (χ4n) is 5.54. The Hall–Kier alpha value is -1.26. The summed E-state index contributed by atoms with van der Waals surface area (Å²) in [5.74, 6) is -1.44. The van der Waals surface area contributed by atoms with E-state index < -0.39 is 23.2 Å². The topological polar surface area (TPSA) is 114 Å². The summed E-state index contributed by atoms with van der Waals surface area (Å²) in [5.41, 5.74) is 6.58. The number of fused-ring (bicyclic) bond motifs is 1. The summed E-state index contributed by atoms with van der Waals surface area (Å²) < 4.78 is 11.9. The summed E-state index contributed by atoms with van der Waals surface area (Å²) in [6.07, 6.45) is -0.208. The number of nitrogens with zero attached hydrogens (tertiary/aromatic N) is 2. The molecule has 2 saturated heterocycles. The zero-order valence-electron chi connectivity index (χ0n) is 20.2. The van der Waals surface area contributed by atoms with Crippen molar-refractivity contribution in [2.45, 2.75) is 64.9 Å². The van der Waals surface area contributed by atoms with Crippen LogP contribution in [0.2, 0.25) is 18.1 Å². The second kappa shape index (κ2) is 10.6. The van der Waals surface area contributed by atoms with Gasteiger partial charge in [-0.2, -0.15) is 0 Å². The number of rotatable bonds is 12. The molecule has 9 nitrogen and oxygen atoms in total. The van der Waals surface area contributed by atoms with Crippen LogP contribution in [-0.4, -0.2) is 75.7 Å². The molecule has 33 heavy (non-hydrogen) atoms. The molecular formula is C21H36BN4O5PSi. The van der Waals surface area contributed by atoms with Gasteiger partial charge in [-0.15, -0.1) is 0 Å². The summed E-state index contributed by atoms with van der Waals surface area (Å²) in [4.78, 5) is 43.7. The molecule has 0 aromatic carbocycles. The number of primary amides is 1. The Balaban J connectivity index is 1.81. The number of nitrogens with one attached hydrogen (secondary N) is 1. The van der Waals surface area contributed by atoms with E-state index in [0.717, 1.165) is 23.7 Å². The summed E-state index contributed by atoms with van der Waals surface area (Å²) in [5, 5.41) is 0. The summed E-state index contributed by atoms with van der Waals surface area (Å²) in [6.45, 7) is 12.2. The Kier molecular flexibility index (Phi) is 8.43. The van der Waals surface area contributed by atoms with E-state index in [1.165, 1.54) is 0 Å². The molecule has 3 N–H and O–H groups in total. The van der Waals surface area contributed by atoms with Gasteiger partial charge in [-0.3, -0.25) is 14.5 Å². The van der Waals surface area contributed by atoms with Crippen LogP contribution in [0.25, 0.3) is 0 Å². The van der Waals surface area contributed by atoms with Crippen molar-refractivity contribution in [2.75, 3.05) is 19.6 Å². The average Bonchev–Trinajstić information content (AvgIpc) is 3.00. The molecule has 0 bridgehead atoms. The molecule has 2 radical (unpaired) electrons. The van der Waals surface area contributed by atoms with Crippen LogP contribution in [0.1, 0.15) is 34.6 Å². The highest BCUT2D eigenvalue weighted by molar-refractivity contribution is 7.32. The van der Waals surface area contributed by atoms with Crippen molar-refractivity contribution in [1.29, 1.82) is 0 Å². The maximum atomic E-state index is 13.3. The third-order valence-electron chi connectivity index (χ3n) is 7.82. The summed E-state index contributed by atoms with van der Waals surface area (Å²) >= 11 is 0. The standard InChI is InChI=1S/C21H36BN4O5PSi/c1-6-33(7-2,8-3)31-13(5)16-17-12(4)15(11-25-9-14(10-25)19(23)27)18(26(17)20(16)28)21(29)30-32-24-22/h12-14,16-17,24,32H,6-11H2,1-5H3,(H2,23,27)/t12-,13+,16?,17+/m0/s1. The number of hydrogen-bond acceptors (Lipinski definition) is 7. The fraction of sp³-hybridized carbons (Fsp3) is 0.762. The first kappa shape index (κ1) is 26.3. The van der Waals surface area contributed by atoms with Gasteiger partial charge in [-0.05, 0) is 30.6 Å². The first-order valence-electron chi connectivity index (χ1n) is 11.8. The zero-order valence-corrected chi connectivity index (χ0v) is 22.2. The van der Waals surface area contributed by atoms with Crippen LogP contribution in [0.5, 0.6) is 0 Å². The quantitative estimate of drug-likeness (QED) is 0.239. The van der Waals surface area contributed by atoms with Crippen molar-refractivity contribution in [2.24, 2.45) is 23.5 Å². The number of likely N-dealkylation sites (tertiary alicyclic amines) is 1. The molecule has 2 fully saturated rings. The lowest BCUT2D eigenvalue weighted by molar-refractivity contribution is -0.161. The van der Waals surface area contributed by atoms with Crippen LogP contribution < -0.4 is 10.7 Å². The third-order valence-corrected chi connectivity index (χ3v) is 13.0. The average molecular weight is 494 g/mol. The minimum atomic E-state index is -1.88. The maximum absolute atomic E-state index is 13.3. The molecule has 3 aliphatic rings. The molecule has 3 heterocycles. The lowest BCUT2D eigenvalue weighted by atomic mass is 9.77. The fourth-order valence-corrected chi connectivity index (χ4v) is 8.72. The van der Waals surface area contributed by atoms with E-state index in [9.17, 15) is 14.4 Å². The Morgan fingerprint density at radius 3 is 2.39 bits per heavy atom. The van der Waals surface area contributed by atoms with Crippen LogP contribution in [-0.2, 0) is 23.3 Å². The largest absolute Gasteiger partial charge is 0.428 e. The molecule has 182 valence electrons. The van der Waals surface area contributed by atoms with Gasteiger partial charge < -0.3 is 24.6 Å². The van der Waals surface area contributed by atoms with Crippen molar-refractivity contribution >= 4 is 43.0 Å². The highest BCUT2D eigenvalue weighted by atomic mass is 31.1. The van der Waals surface area contributed by atoms with Gasteiger partial charge >= 0.3 is 5.97 Å². The van der Waals surface area contributed by atoms with Crippen LogP contribution in [0.15, 0.2) is 11.3 Å². The molecule has 3 aliphatic heterocycles. The minimum absolute atomic E-state index is 0.0240. The number of carbonyl (C=O) groups is 3. The molecule has 0 aromatic rings.